The van der Waals surface area contributed by atoms with Crippen LogP contribution in [0.25, 0.3) is 0 Å². The predicted molar refractivity (Wildman–Crippen MR) is 308 cm³/mol. The zero-order valence-electron chi connectivity index (χ0n) is 47.5. The average Bonchev–Trinajstić information content (AvgIpc) is 4.04. The molecule has 0 aliphatic heterocycles. The highest BCUT2D eigenvalue weighted by Crippen LogP contribution is 2.19. The molecule has 3 rings (SSSR count). The lowest BCUT2D eigenvalue weighted by molar-refractivity contribution is -0.137. The molecule has 1 heterocycles. The Morgan fingerprint density at radius 2 is 1.05 bits per heavy atom. The summed E-state index contributed by atoms with van der Waals surface area (Å²) in [7, 11) is 0. The second-order valence-electron chi connectivity index (χ2n) is 17.3. The van der Waals surface area contributed by atoms with Crippen LogP contribution in [-0.4, -0.2) is 229 Å². The molecule has 5 amide bonds. The van der Waals surface area contributed by atoms with Gasteiger partial charge in [-0.25, -0.2) is 9.78 Å². The number of anilines is 2. The number of carbonyl (C=O) groups excluding carboxylic acids is 5. The van der Waals surface area contributed by atoms with Crippen molar-refractivity contribution in [1.29, 1.82) is 0 Å². The molecule has 3 aromatic rings. The molecule has 0 saturated heterocycles. The summed E-state index contributed by atoms with van der Waals surface area (Å²) in [5, 5.41) is 24.0. The molecule has 0 atom stereocenters. The standard InChI is InChI=1S/C55H84N6O20S2/c1-44(62)82-39-38-80-37-36-79-35-34-78-33-32-77-31-30-76-29-28-75-27-26-74-25-24-73-23-22-72-21-20-71-19-18-70-17-16-69-15-12-50(63)56-13-5-14-81-49-9-3-2-7-46(49)41-58-54(68)61-55-60-48(43-83-55)53(67)57-42-51(64)59-47-8-4-6-45(40-47)10-11-52(65)66/h2-4,6-9,40,43H,5,10-39,41-42H2,1H3,(H,56,63)(H,57,67)(H,59,64)(H,65,66)(H2,58,60,61,68). The monoisotopic (exact) mass is 1210 g/mol. The number of urea groups is 1. The average molecular weight is 1210 g/mol. The predicted octanol–water partition coefficient (Wildman–Crippen LogP) is 3.60. The number of aliphatic carboxylic acids is 1. The van der Waals surface area contributed by atoms with Crippen molar-refractivity contribution in [1.82, 2.24) is 20.9 Å². The van der Waals surface area contributed by atoms with Gasteiger partial charge in [0.05, 0.1) is 172 Å². The number of para-hydroxylation sites is 1. The number of carbonyl (C=O) groups is 6. The number of nitrogens with zero attached hydrogens (tertiary/aromatic N) is 1. The van der Waals surface area contributed by atoms with Crippen LogP contribution in [-0.2, 0) is 89.0 Å². The summed E-state index contributed by atoms with van der Waals surface area (Å²) in [6, 6.07) is 13.5. The molecule has 0 bridgehead atoms. The van der Waals surface area contributed by atoms with Crippen LogP contribution >= 0.6 is 23.1 Å². The van der Waals surface area contributed by atoms with Gasteiger partial charge in [0, 0.05) is 55.2 Å². The molecule has 2 aromatic carbocycles. The molecule has 6 N–H and O–H groups in total. The Bertz CT molecular complexity index is 2220. The highest BCUT2D eigenvalue weighted by atomic mass is 32.2. The van der Waals surface area contributed by atoms with Crippen molar-refractivity contribution in [3.8, 4) is 5.75 Å². The normalized spacial score (nSPS) is 11.1. The Balaban J connectivity index is 1.01. The molecule has 0 aliphatic rings. The molecule has 466 valence electrons. The van der Waals surface area contributed by atoms with Gasteiger partial charge in [-0.3, -0.25) is 29.3 Å². The van der Waals surface area contributed by atoms with Gasteiger partial charge in [-0.15, -0.1) is 11.3 Å². The number of rotatable bonds is 54. The molecular weight excluding hydrogens is 1130 g/mol. The van der Waals surface area contributed by atoms with Crippen molar-refractivity contribution >= 4 is 68.8 Å². The van der Waals surface area contributed by atoms with Crippen molar-refractivity contribution in [2.24, 2.45) is 0 Å². The summed E-state index contributed by atoms with van der Waals surface area (Å²) in [5.41, 5.74) is 1.96. The van der Waals surface area contributed by atoms with Crippen molar-refractivity contribution in [2.75, 3.05) is 195 Å². The molecule has 83 heavy (non-hydrogen) atoms. The number of nitrogens with one attached hydrogen (secondary N) is 5. The van der Waals surface area contributed by atoms with Gasteiger partial charge in [0.15, 0.2) is 10.2 Å². The lowest BCUT2D eigenvalue weighted by atomic mass is 10.1. The molecule has 0 radical (unpaired) electrons. The summed E-state index contributed by atoms with van der Waals surface area (Å²) in [5.74, 6) is -0.924. The third-order valence-corrected chi connectivity index (χ3v) is 12.2. The molecule has 0 fully saturated rings. The smallest absolute Gasteiger partial charge is 0.321 e. The zero-order chi connectivity index (χ0) is 59.5. The highest BCUT2D eigenvalue weighted by molar-refractivity contribution is 8.13. The molecule has 0 saturated carbocycles. The lowest BCUT2D eigenvalue weighted by Gasteiger charge is -2.12. The fourth-order valence-corrected chi connectivity index (χ4v) is 7.73. The molecule has 28 heteroatoms. The summed E-state index contributed by atoms with van der Waals surface area (Å²) in [4.78, 5) is 75.8. The number of hydrogen-bond acceptors (Lipinski definition) is 22. The van der Waals surface area contributed by atoms with E-state index in [1.807, 2.05) is 18.2 Å². The van der Waals surface area contributed by atoms with Crippen LogP contribution in [0.15, 0.2) is 53.9 Å². The van der Waals surface area contributed by atoms with E-state index in [-0.39, 0.29) is 54.4 Å². The third kappa shape index (κ3) is 41.3. The molecule has 1 aromatic heterocycles. The largest absolute Gasteiger partial charge is 0.493 e. The van der Waals surface area contributed by atoms with Crippen molar-refractivity contribution in [3.63, 3.8) is 0 Å². The SMILES string of the molecule is CC(=O)SCCOCCOCCOCCOCCOCCOCCOCCOCCOCCOCCOCCOCCC(=O)NCCCOc1ccccc1CNC(=O)Nc1nc(C(=O)NCC(=O)Nc2cccc(CCC(=O)O)c2)cs1. The number of aromatic nitrogens is 1. The van der Waals surface area contributed by atoms with Gasteiger partial charge in [0.1, 0.15) is 11.4 Å². The maximum atomic E-state index is 12.7. The number of aryl methyl sites for hydroxylation is 1. The Morgan fingerprint density at radius 1 is 0.542 bits per heavy atom. The van der Waals surface area contributed by atoms with Gasteiger partial charge < -0.3 is 88.0 Å². The first-order valence-corrected chi connectivity index (χ1v) is 29.4. The summed E-state index contributed by atoms with van der Waals surface area (Å²) in [6.45, 7) is 12.8. The van der Waals surface area contributed by atoms with E-state index in [0.717, 1.165) is 22.5 Å². The van der Waals surface area contributed by atoms with Gasteiger partial charge >= 0.3 is 12.0 Å². The number of amides is 5. The van der Waals surface area contributed by atoms with E-state index in [9.17, 15) is 28.8 Å². The first-order chi connectivity index (χ1) is 40.6. The number of hydrogen-bond donors (Lipinski definition) is 6. The van der Waals surface area contributed by atoms with Gasteiger partial charge in [-0.05, 0) is 36.6 Å². The molecule has 0 unspecified atom stereocenters. The van der Waals surface area contributed by atoms with E-state index in [0.29, 0.717) is 195 Å². The van der Waals surface area contributed by atoms with E-state index in [2.05, 4.69) is 31.6 Å². The summed E-state index contributed by atoms with van der Waals surface area (Å²) >= 11 is 2.29. The van der Waals surface area contributed by atoms with Crippen molar-refractivity contribution < 1.29 is 95.5 Å². The second kappa shape index (κ2) is 49.9. The number of benzene rings is 2. The van der Waals surface area contributed by atoms with Gasteiger partial charge in [-0.1, -0.05) is 42.1 Å². The van der Waals surface area contributed by atoms with Crippen LogP contribution in [0, 0.1) is 0 Å². The number of ether oxygens (including phenoxy) is 13. The quantitative estimate of drug-likeness (QED) is 0.0440. The Labute approximate surface area is 493 Å². The third-order valence-electron chi connectivity index (χ3n) is 10.6. The number of carboxylic acids is 1. The first kappa shape index (κ1) is 71.8. The minimum absolute atomic E-state index is 0.0182. The second-order valence-corrected chi connectivity index (χ2v) is 19.4. The number of thiazole rings is 1. The van der Waals surface area contributed by atoms with Gasteiger partial charge in [0.2, 0.25) is 11.8 Å². The van der Waals surface area contributed by atoms with E-state index < -0.39 is 23.8 Å². The Kier molecular flexibility index (Phi) is 43.2. The fraction of sp³-hybridized carbons (Fsp3) is 0.618. The van der Waals surface area contributed by atoms with Crippen LogP contribution in [0.1, 0.15) is 47.8 Å². The van der Waals surface area contributed by atoms with E-state index in [4.69, 9.17) is 66.7 Å². The highest BCUT2D eigenvalue weighted by Gasteiger charge is 2.15. The topological polar surface area (TPSA) is 316 Å². The Morgan fingerprint density at radius 3 is 1.57 bits per heavy atom. The first-order valence-electron chi connectivity index (χ1n) is 27.5. The van der Waals surface area contributed by atoms with E-state index >= 15 is 0 Å². The van der Waals surface area contributed by atoms with Crippen LogP contribution in [0.5, 0.6) is 5.75 Å². The fourth-order valence-electron chi connectivity index (χ4n) is 6.56. The minimum atomic E-state index is -0.920. The Hall–Kier alpha value is -5.44. The van der Waals surface area contributed by atoms with Crippen LogP contribution in [0.2, 0.25) is 0 Å². The van der Waals surface area contributed by atoms with Crippen LogP contribution in [0.3, 0.4) is 0 Å². The van der Waals surface area contributed by atoms with E-state index in [1.54, 1.807) is 37.3 Å². The number of thioether (sulfide) groups is 1. The van der Waals surface area contributed by atoms with Crippen LogP contribution in [0.4, 0.5) is 15.6 Å². The van der Waals surface area contributed by atoms with Gasteiger partial charge in [0.25, 0.3) is 5.91 Å². The zero-order valence-corrected chi connectivity index (χ0v) is 49.1. The summed E-state index contributed by atoms with van der Waals surface area (Å²) < 4.78 is 71.7. The number of carboxylic acid groups (broad SMARTS) is 1. The minimum Gasteiger partial charge on any atom is -0.493 e. The summed E-state index contributed by atoms with van der Waals surface area (Å²) in [6.07, 6.45) is 1.03. The van der Waals surface area contributed by atoms with Crippen molar-refractivity contribution in [3.05, 3.63) is 70.7 Å². The maximum Gasteiger partial charge on any atom is 0.321 e. The maximum absolute atomic E-state index is 12.7. The molecule has 0 aliphatic carbocycles. The molecular formula is C55H84N6O20S2. The van der Waals surface area contributed by atoms with E-state index in [1.165, 1.54) is 17.1 Å². The van der Waals surface area contributed by atoms with Crippen LogP contribution < -0.4 is 31.3 Å². The lowest BCUT2D eigenvalue weighted by Crippen LogP contribution is -2.33. The van der Waals surface area contributed by atoms with Crippen molar-refractivity contribution in [2.45, 2.75) is 39.2 Å². The van der Waals surface area contributed by atoms with Gasteiger partial charge in [-0.2, -0.15) is 0 Å². The molecule has 0 spiro atoms. The molecule has 26 nitrogen and oxygen atoms in total.